The van der Waals surface area contributed by atoms with E-state index in [0.29, 0.717) is 5.92 Å². The topological polar surface area (TPSA) is 21.3 Å². The van der Waals surface area contributed by atoms with Gasteiger partial charge in [0, 0.05) is 6.54 Å². The molecule has 0 aromatic heterocycles. The van der Waals surface area contributed by atoms with Crippen molar-refractivity contribution in [1.29, 1.82) is 0 Å². The summed E-state index contributed by atoms with van der Waals surface area (Å²) in [5, 5.41) is 3.45. The summed E-state index contributed by atoms with van der Waals surface area (Å²) >= 11 is 9.05. The third-order valence-corrected chi connectivity index (χ3v) is 4.55. The van der Waals surface area contributed by atoms with Gasteiger partial charge in [0.2, 0.25) is 0 Å². The highest BCUT2D eigenvalue weighted by Gasteiger charge is 2.09. The minimum atomic E-state index is 0.668. The molecule has 1 aromatic carbocycles. The zero-order valence-electron chi connectivity index (χ0n) is 12.3. The molecule has 0 aliphatic carbocycles. The van der Waals surface area contributed by atoms with E-state index in [1.54, 1.807) is 0 Å². The van der Waals surface area contributed by atoms with Crippen molar-refractivity contribution in [2.45, 2.75) is 26.8 Å². The van der Waals surface area contributed by atoms with E-state index in [1.165, 1.54) is 5.56 Å². The van der Waals surface area contributed by atoms with Crippen molar-refractivity contribution < 1.29 is 4.74 Å². The van der Waals surface area contributed by atoms with E-state index in [1.807, 2.05) is 11.8 Å². The van der Waals surface area contributed by atoms with Crippen molar-refractivity contribution >= 4 is 43.6 Å². The molecule has 0 saturated carbocycles. The van der Waals surface area contributed by atoms with Crippen LogP contribution in [0.1, 0.15) is 25.8 Å². The fourth-order valence-corrected chi connectivity index (χ4v) is 3.65. The Hall–Kier alpha value is 0.290. The largest absolute Gasteiger partial charge is 0.491 e. The van der Waals surface area contributed by atoms with Gasteiger partial charge in [-0.2, -0.15) is 11.8 Å². The Balaban J connectivity index is 2.56. The lowest BCUT2D eigenvalue weighted by Crippen LogP contribution is -2.19. The molecular weight excluding hydrogens is 402 g/mol. The zero-order valence-corrected chi connectivity index (χ0v) is 16.3. The van der Waals surface area contributed by atoms with Crippen molar-refractivity contribution in [3.05, 3.63) is 26.6 Å². The van der Waals surface area contributed by atoms with Gasteiger partial charge in [-0.05, 0) is 80.4 Å². The van der Waals surface area contributed by atoms with Gasteiger partial charge in [0.1, 0.15) is 5.75 Å². The van der Waals surface area contributed by atoms with Gasteiger partial charge in [0.25, 0.3) is 0 Å². The number of halogens is 2. The first-order valence-electron chi connectivity index (χ1n) is 6.85. The predicted octanol–water partition coefficient (Wildman–Crippen LogP) is 5.09. The van der Waals surface area contributed by atoms with E-state index in [4.69, 9.17) is 4.74 Å². The van der Waals surface area contributed by atoms with Crippen LogP contribution in [0.2, 0.25) is 0 Å². The molecule has 0 bridgehead atoms. The molecule has 20 heavy (non-hydrogen) atoms. The third kappa shape index (κ3) is 6.83. The molecule has 1 N–H and O–H groups in total. The van der Waals surface area contributed by atoms with Crippen LogP contribution in [-0.4, -0.2) is 25.2 Å². The first-order valence-corrected chi connectivity index (χ1v) is 9.83. The van der Waals surface area contributed by atoms with Gasteiger partial charge in [0.15, 0.2) is 0 Å². The van der Waals surface area contributed by atoms with Crippen LogP contribution in [0.25, 0.3) is 0 Å². The molecule has 0 fully saturated rings. The molecule has 2 nitrogen and oxygen atoms in total. The van der Waals surface area contributed by atoms with E-state index < -0.39 is 0 Å². The summed E-state index contributed by atoms with van der Waals surface area (Å²) in [6.07, 6.45) is 3.18. The quantitative estimate of drug-likeness (QED) is 0.557. The number of hydrogen-bond acceptors (Lipinski definition) is 3. The lowest BCUT2D eigenvalue weighted by molar-refractivity contribution is 0.314. The summed E-state index contributed by atoms with van der Waals surface area (Å²) in [7, 11) is 0. The minimum Gasteiger partial charge on any atom is -0.491 e. The maximum Gasteiger partial charge on any atom is 0.147 e. The molecule has 114 valence electrons. The molecule has 0 heterocycles. The molecule has 0 radical (unpaired) electrons. The molecule has 5 heteroatoms. The van der Waals surface area contributed by atoms with E-state index in [9.17, 15) is 0 Å². The van der Waals surface area contributed by atoms with Crippen LogP contribution in [-0.2, 0) is 6.54 Å². The third-order valence-electron chi connectivity index (χ3n) is 2.68. The molecule has 0 spiro atoms. The summed E-state index contributed by atoms with van der Waals surface area (Å²) < 4.78 is 7.86. The normalized spacial score (nSPS) is 11.1. The molecular formula is C15H23Br2NOS. The Morgan fingerprint density at radius 2 is 1.90 bits per heavy atom. The van der Waals surface area contributed by atoms with Crippen molar-refractivity contribution in [3.63, 3.8) is 0 Å². The first-order chi connectivity index (χ1) is 9.54. The van der Waals surface area contributed by atoms with Crippen LogP contribution in [0.5, 0.6) is 5.75 Å². The fourth-order valence-electron chi connectivity index (χ4n) is 1.74. The van der Waals surface area contributed by atoms with E-state index in [0.717, 1.165) is 46.6 Å². The monoisotopic (exact) mass is 423 g/mol. The van der Waals surface area contributed by atoms with Crippen molar-refractivity contribution in [3.8, 4) is 5.75 Å². The number of hydrogen-bond donors (Lipinski definition) is 1. The Morgan fingerprint density at radius 1 is 1.25 bits per heavy atom. The van der Waals surface area contributed by atoms with E-state index >= 15 is 0 Å². The van der Waals surface area contributed by atoms with E-state index in [2.05, 4.69) is 69.4 Å². The average molecular weight is 425 g/mol. The number of thioether (sulfide) groups is 1. The Kier molecular flexibility index (Phi) is 9.25. The summed E-state index contributed by atoms with van der Waals surface area (Å²) in [6, 6.07) is 4.25. The van der Waals surface area contributed by atoms with Gasteiger partial charge in [-0.1, -0.05) is 13.8 Å². The summed E-state index contributed by atoms with van der Waals surface area (Å²) in [6.45, 7) is 7.09. The SMILES string of the molecule is CSCCCOc1c(Br)cc(CNCC(C)C)cc1Br. The summed E-state index contributed by atoms with van der Waals surface area (Å²) in [5.74, 6) is 2.70. The molecule has 0 aliphatic rings. The zero-order chi connectivity index (χ0) is 15.0. The highest BCUT2D eigenvalue weighted by molar-refractivity contribution is 9.11. The van der Waals surface area contributed by atoms with Crippen LogP contribution >= 0.6 is 43.6 Å². The van der Waals surface area contributed by atoms with Gasteiger partial charge < -0.3 is 10.1 Å². The lowest BCUT2D eigenvalue weighted by Gasteiger charge is -2.13. The lowest BCUT2D eigenvalue weighted by atomic mass is 10.2. The second-order valence-electron chi connectivity index (χ2n) is 5.11. The second kappa shape index (κ2) is 10.1. The molecule has 0 saturated heterocycles. The number of benzene rings is 1. The first kappa shape index (κ1) is 18.3. The molecule has 1 rings (SSSR count). The van der Waals surface area contributed by atoms with Gasteiger partial charge in [-0.15, -0.1) is 0 Å². The summed E-state index contributed by atoms with van der Waals surface area (Å²) in [5.41, 5.74) is 1.25. The standard InChI is InChI=1S/C15H23Br2NOS/c1-11(2)9-18-10-12-7-13(16)15(14(17)8-12)19-5-4-6-20-3/h7-8,11,18H,4-6,9-10H2,1-3H3. The Labute approximate surface area is 143 Å². The Morgan fingerprint density at radius 3 is 2.45 bits per heavy atom. The van der Waals surface area contributed by atoms with Crippen LogP contribution in [0.4, 0.5) is 0 Å². The predicted molar refractivity (Wildman–Crippen MR) is 96.9 cm³/mol. The van der Waals surface area contributed by atoms with Gasteiger partial charge in [0.05, 0.1) is 15.6 Å². The molecule has 0 aliphatic heterocycles. The van der Waals surface area contributed by atoms with Gasteiger partial charge in [-0.25, -0.2) is 0 Å². The molecule has 1 aromatic rings. The number of nitrogens with one attached hydrogen (secondary N) is 1. The van der Waals surface area contributed by atoms with Crippen LogP contribution in [0.3, 0.4) is 0 Å². The molecule has 0 atom stereocenters. The molecule has 0 unspecified atom stereocenters. The van der Waals surface area contributed by atoms with Crippen molar-refractivity contribution in [2.24, 2.45) is 5.92 Å². The average Bonchev–Trinajstić information content (AvgIpc) is 2.36. The fraction of sp³-hybridized carbons (Fsp3) is 0.600. The van der Waals surface area contributed by atoms with E-state index in [-0.39, 0.29) is 0 Å². The smallest absolute Gasteiger partial charge is 0.147 e. The number of rotatable bonds is 9. The van der Waals surface area contributed by atoms with Gasteiger partial charge >= 0.3 is 0 Å². The highest BCUT2D eigenvalue weighted by Crippen LogP contribution is 2.34. The summed E-state index contributed by atoms with van der Waals surface area (Å²) in [4.78, 5) is 0. The highest BCUT2D eigenvalue weighted by atomic mass is 79.9. The Bertz CT molecular complexity index is 390. The van der Waals surface area contributed by atoms with Crippen LogP contribution in [0.15, 0.2) is 21.1 Å². The maximum absolute atomic E-state index is 5.84. The molecule has 0 amide bonds. The minimum absolute atomic E-state index is 0.668. The van der Waals surface area contributed by atoms with Crippen molar-refractivity contribution in [1.82, 2.24) is 5.32 Å². The van der Waals surface area contributed by atoms with Gasteiger partial charge in [-0.3, -0.25) is 0 Å². The second-order valence-corrected chi connectivity index (χ2v) is 7.80. The van der Waals surface area contributed by atoms with Crippen LogP contribution in [0, 0.1) is 5.92 Å². The maximum atomic E-state index is 5.84. The number of ether oxygens (including phenoxy) is 1. The van der Waals surface area contributed by atoms with Crippen molar-refractivity contribution in [2.75, 3.05) is 25.2 Å². The van der Waals surface area contributed by atoms with Crippen LogP contribution < -0.4 is 10.1 Å².